The van der Waals surface area contributed by atoms with E-state index in [0.717, 1.165) is 9.13 Å². The third-order valence-electron chi connectivity index (χ3n) is 2.62. The van der Waals surface area contributed by atoms with E-state index in [2.05, 4.69) is 22.6 Å². The highest BCUT2D eigenvalue weighted by molar-refractivity contribution is 14.1. The van der Waals surface area contributed by atoms with Crippen LogP contribution < -0.4 is 0 Å². The molecule has 0 aliphatic heterocycles. The largest absolute Gasteiger partial charge is 0.480 e. The minimum absolute atomic E-state index is 0.228. The van der Waals surface area contributed by atoms with Crippen LogP contribution in [0, 0.1) is 16.4 Å². The fraction of sp³-hybridized carbons (Fsp3) is 0.429. The van der Waals surface area contributed by atoms with Gasteiger partial charge in [-0.2, -0.15) is 0 Å². The number of carbonyl (C=O) groups is 2. The van der Waals surface area contributed by atoms with Crippen molar-refractivity contribution in [3.63, 3.8) is 0 Å². The summed E-state index contributed by atoms with van der Waals surface area (Å²) < 4.78 is 1.00. The average molecular weight is 375 g/mol. The Morgan fingerprint density at radius 3 is 2.47 bits per heavy atom. The molecule has 1 amide bonds. The van der Waals surface area contributed by atoms with Gasteiger partial charge in [0.25, 0.3) is 5.91 Å². The van der Waals surface area contributed by atoms with Gasteiger partial charge in [-0.1, -0.05) is 19.9 Å². The zero-order valence-corrected chi connectivity index (χ0v) is 13.5. The molecule has 0 aliphatic carbocycles. The standard InChI is InChI=1S/C14H18INO3/c1-9(2)7-16(8-13(17)18)14(19)11-5-4-10(3)12(15)6-11/h4-6,9H,7-8H2,1-3H3,(H,17,18). The van der Waals surface area contributed by atoms with E-state index < -0.39 is 5.97 Å². The van der Waals surface area contributed by atoms with E-state index in [9.17, 15) is 9.59 Å². The summed E-state index contributed by atoms with van der Waals surface area (Å²) in [6.45, 7) is 6.07. The van der Waals surface area contributed by atoms with E-state index in [1.807, 2.05) is 26.8 Å². The van der Waals surface area contributed by atoms with Crippen LogP contribution in [0.25, 0.3) is 0 Å². The van der Waals surface area contributed by atoms with Gasteiger partial charge < -0.3 is 10.0 Å². The summed E-state index contributed by atoms with van der Waals surface area (Å²) in [5, 5.41) is 8.90. The second-order valence-corrected chi connectivity index (χ2v) is 6.10. The summed E-state index contributed by atoms with van der Waals surface area (Å²) in [6.07, 6.45) is 0. The molecule has 19 heavy (non-hydrogen) atoms. The molecule has 0 saturated heterocycles. The van der Waals surface area contributed by atoms with Crippen molar-refractivity contribution < 1.29 is 14.7 Å². The lowest BCUT2D eigenvalue weighted by Crippen LogP contribution is -2.38. The third-order valence-corrected chi connectivity index (χ3v) is 3.78. The Balaban J connectivity index is 2.97. The molecule has 0 spiro atoms. The predicted molar refractivity (Wildman–Crippen MR) is 82.3 cm³/mol. The quantitative estimate of drug-likeness (QED) is 0.806. The fourth-order valence-electron chi connectivity index (χ4n) is 1.73. The maximum atomic E-state index is 12.3. The number of carboxylic acids is 1. The maximum Gasteiger partial charge on any atom is 0.323 e. The summed E-state index contributed by atoms with van der Waals surface area (Å²) in [4.78, 5) is 24.6. The minimum Gasteiger partial charge on any atom is -0.480 e. The molecule has 0 heterocycles. The molecule has 0 bridgehead atoms. The van der Waals surface area contributed by atoms with Gasteiger partial charge in [-0.25, -0.2) is 0 Å². The van der Waals surface area contributed by atoms with Gasteiger partial charge in [0, 0.05) is 15.7 Å². The van der Waals surface area contributed by atoms with Crippen LogP contribution in [0.1, 0.15) is 29.8 Å². The van der Waals surface area contributed by atoms with Crippen molar-refractivity contribution >= 4 is 34.5 Å². The minimum atomic E-state index is -0.990. The van der Waals surface area contributed by atoms with Gasteiger partial charge in [-0.05, 0) is 53.1 Å². The molecular weight excluding hydrogens is 357 g/mol. The van der Waals surface area contributed by atoms with Crippen molar-refractivity contribution in [1.29, 1.82) is 0 Å². The van der Waals surface area contributed by atoms with Gasteiger partial charge in [0.15, 0.2) is 0 Å². The van der Waals surface area contributed by atoms with Gasteiger partial charge in [0.05, 0.1) is 0 Å². The molecule has 1 aromatic rings. The van der Waals surface area contributed by atoms with E-state index in [1.165, 1.54) is 4.90 Å². The van der Waals surface area contributed by atoms with Crippen LogP contribution in [-0.2, 0) is 4.79 Å². The molecule has 5 heteroatoms. The first kappa shape index (κ1) is 15.9. The molecule has 104 valence electrons. The van der Waals surface area contributed by atoms with Crippen molar-refractivity contribution in [3.05, 3.63) is 32.9 Å². The molecule has 0 aliphatic rings. The molecular formula is C14H18INO3. The highest BCUT2D eigenvalue weighted by Gasteiger charge is 2.19. The summed E-state index contributed by atoms with van der Waals surface area (Å²) in [5.74, 6) is -0.988. The topological polar surface area (TPSA) is 57.6 Å². The Kier molecular flexibility index (Phi) is 5.78. The molecule has 4 nitrogen and oxygen atoms in total. The second-order valence-electron chi connectivity index (χ2n) is 4.94. The number of nitrogens with zero attached hydrogens (tertiary/aromatic N) is 1. The molecule has 0 atom stereocenters. The van der Waals surface area contributed by atoms with Crippen LogP contribution in [0.2, 0.25) is 0 Å². The number of amides is 1. The van der Waals surface area contributed by atoms with Crippen molar-refractivity contribution in [1.82, 2.24) is 4.90 Å². The molecule has 1 rings (SSSR count). The van der Waals surface area contributed by atoms with Gasteiger partial charge in [-0.15, -0.1) is 0 Å². The Labute approximate surface area is 126 Å². The Hall–Kier alpha value is -1.11. The Bertz CT molecular complexity index is 486. The molecule has 0 unspecified atom stereocenters. The lowest BCUT2D eigenvalue weighted by Gasteiger charge is -2.23. The van der Waals surface area contributed by atoms with Gasteiger partial charge in [0.1, 0.15) is 6.54 Å². The van der Waals surface area contributed by atoms with Crippen LogP contribution in [0.5, 0.6) is 0 Å². The lowest BCUT2D eigenvalue weighted by molar-refractivity contribution is -0.137. The van der Waals surface area contributed by atoms with E-state index >= 15 is 0 Å². The number of hydrogen-bond donors (Lipinski definition) is 1. The smallest absolute Gasteiger partial charge is 0.323 e. The van der Waals surface area contributed by atoms with Gasteiger partial charge >= 0.3 is 5.97 Å². The molecule has 0 fully saturated rings. The monoisotopic (exact) mass is 375 g/mol. The number of benzene rings is 1. The molecule has 0 radical (unpaired) electrons. The second kappa shape index (κ2) is 6.88. The van der Waals surface area contributed by atoms with E-state index in [-0.39, 0.29) is 18.4 Å². The van der Waals surface area contributed by atoms with Crippen LogP contribution in [-0.4, -0.2) is 35.0 Å². The van der Waals surface area contributed by atoms with Gasteiger partial charge in [-0.3, -0.25) is 9.59 Å². The zero-order valence-electron chi connectivity index (χ0n) is 11.3. The van der Waals surface area contributed by atoms with Crippen LogP contribution in [0.4, 0.5) is 0 Å². The maximum absolute atomic E-state index is 12.3. The average Bonchev–Trinajstić information content (AvgIpc) is 2.29. The first-order valence-electron chi connectivity index (χ1n) is 6.08. The molecule has 1 N–H and O–H groups in total. The fourth-order valence-corrected chi connectivity index (χ4v) is 2.25. The third kappa shape index (κ3) is 4.81. The summed E-state index contributed by atoms with van der Waals surface area (Å²) in [7, 11) is 0. The van der Waals surface area contributed by atoms with E-state index in [0.29, 0.717) is 12.1 Å². The Morgan fingerprint density at radius 2 is 2.00 bits per heavy atom. The lowest BCUT2D eigenvalue weighted by atomic mass is 10.1. The van der Waals surface area contributed by atoms with Crippen LogP contribution in [0.15, 0.2) is 18.2 Å². The van der Waals surface area contributed by atoms with Crippen LogP contribution in [0.3, 0.4) is 0 Å². The molecule has 0 saturated carbocycles. The number of halogens is 1. The van der Waals surface area contributed by atoms with Crippen molar-refractivity contribution in [2.45, 2.75) is 20.8 Å². The predicted octanol–water partition coefficient (Wildman–Crippen LogP) is 2.78. The number of aliphatic carboxylic acids is 1. The highest BCUT2D eigenvalue weighted by Crippen LogP contribution is 2.15. The van der Waals surface area contributed by atoms with Crippen molar-refractivity contribution in [2.24, 2.45) is 5.92 Å². The number of aryl methyl sites for hydroxylation is 1. The Morgan fingerprint density at radius 1 is 1.37 bits per heavy atom. The summed E-state index contributed by atoms with van der Waals surface area (Å²) in [5.41, 5.74) is 1.64. The summed E-state index contributed by atoms with van der Waals surface area (Å²) in [6, 6.07) is 5.42. The number of hydrogen-bond acceptors (Lipinski definition) is 2. The molecule has 1 aromatic carbocycles. The van der Waals surface area contributed by atoms with Crippen LogP contribution >= 0.6 is 22.6 Å². The van der Waals surface area contributed by atoms with E-state index in [4.69, 9.17) is 5.11 Å². The van der Waals surface area contributed by atoms with Crippen molar-refractivity contribution in [2.75, 3.05) is 13.1 Å². The van der Waals surface area contributed by atoms with Gasteiger partial charge in [0.2, 0.25) is 0 Å². The SMILES string of the molecule is Cc1ccc(C(=O)N(CC(=O)O)CC(C)C)cc1I. The van der Waals surface area contributed by atoms with Crippen molar-refractivity contribution in [3.8, 4) is 0 Å². The first-order chi connectivity index (χ1) is 8.81. The van der Waals surface area contributed by atoms with E-state index in [1.54, 1.807) is 12.1 Å². The number of rotatable bonds is 5. The highest BCUT2D eigenvalue weighted by atomic mass is 127. The molecule has 0 aromatic heterocycles. The summed E-state index contributed by atoms with van der Waals surface area (Å²) >= 11 is 2.17. The zero-order chi connectivity index (χ0) is 14.6. The normalized spacial score (nSPS) is 10.6. The number of carboxylic acid groups (broad SMARTS) is 1. The number of carbonyl (C=O) groups excluding carboxylic acids is 1. The first-order valence-corrected chi connectivity index (χ1v) is 7.16.